The molecule has 1 amide bonds. The molecule has 1 aromatic carbocycles. The van der Waals surface area contributed by atoms with Gasteiger partial charge in [0.2, 0.25) is 5.91 Å². The van der Waals surface area contributed by atoms with Gasteiger partial charge in [-0.15, -0.1) is 0 Å². The molecule has 2 N–H and O–H groups in total. The molecule has 1 heterocycles. The van der Waals surface area contributed by atoms with Gasteiger partial charge in [-0.05, 0) is 42.7 Å². The monoisotopic (exact) mass is 302 g/mol. The zero-order valence-electron chi connectivity index (χ0n) is 12.5. The summed E-state index contributed by atoms with van der Waals surface area (Å²) >= 11 is 5.21. The molecule has 3 rings (SSSR count). The van der Waals surface area contributed by atoms with Gasteiger partial charge in [0.1, 0.15) is 0 Å². The number of hydrogen-bond donors (Lipinski definition) is 1. The minimum Gasteiger partial charge on any atom is -0.392 e. The van der Waals surface area contributed by atoms with E-state index in [0.29, 0.717) is 10.9 Å². The van der Waals surface area contributed by atoms with Crippen molar-refractivity contribution >= 4 is 23.1 Å². The molecule has 1 aliphatic heterocycles. The predicted molar refractivity (Wildman–Crippen MR) is 88.0 cm³/mol. The van der Waals surface area contributed by atoms with Crippen LogP contribution >= 0.6 is 12.2 Å². The van der Waals surface area contributed by atoms with Crippen molar-refractivity contribution < 1.29 is 4.79 Å². The van der Waals surface area contributed by atoms with E-state index in [1.807, 2.05) is 4.90 Å². The van der Waals surface area contributed by atoms with Crippen LogP contribution in [-0.2, 0) is 17.6 Å². The van der Waals surface area contributed by atoms with Gasteiger partial charge in [-0.3, -0.25) is 4.79 Å². The zero-order valence-corrected chi connectivity index (χ0v) is 13.3. The molecule has 0 atom stereocenters. The van der Waals surface area contributed by atoms with Gasteiger partial charge in [0.05, 0.1) is 10.4 Å². The first-order valence-electron chi connectivity index (χ1n) is 7.69. The van der Waals surface area contributed by atoms with Gasteiger partial charge in [0, 0.05) is 13.1 Å². The molecule has 112 valence electrons. The summed E-state index contributed by atoms with van der Waals surface area (Å²) in [6.45, 7) is 3.70. The summed E-state index contributed by atoms with van der Waals surface area (Å²) in [6.07, 6.45) is 3.46. The summed E-state index contributed by atoms with van der Waals surface area (Å²) in [5.41, 5.74) is 8.07. The van der Waals surface area contributed by atoms with E-state index in [1.165, 1.54) is 11.1 Å². The second kappa shape index (κ2) is 5.41. The number of nitrogens with two attached hydrogens (primary N) is 1. The van der Waals surface area contributed by atoms with Gasteiger partial charge in [-0.25, -0.2) is 0 Å². The fourth-order valence-corrected chi connectivity index (χ4v) is 4.04. The van der Waals surface area contributed by atoms with Crippen LogP contribution in [0.1, 0.15) is 30.9 Å². The Balaban J connectivity index is 1.76. The highest BCUT2D eigenvalue weighted by Crippen LogP contribution is 2.47. The molecular formula is C17H22N2OS. The molecule has 0 saturated heterocycles. The Morgan fingerprint density at radius 2 is 1.76 bits per heavy atom. The van der Waals surface area contributed by atoms with E-state index in [1.54, 1.807) is 0 Å². The van der Waals surface area contributed by atoms with E-state index in [-0.39, 0.29) is 5.91 Å². The second-order valence-corrected chi connectivity index (χ2v) is 6.96. The van der Waals surface area contributed by atoms with Crippen LogP contribution in [0.25, 0.3) is 0 Å². The predicted octanol–water partition coefficient (Wildman–Crippen LogP) is 2.32. The Bertz CT molecular complexity index is 551. The summed E-state index contributed by atoms with van der Waals surface area (Å²) in [5, 5.41) is 0. The van der Waals surface area contributed by atoms with Crippen molar-refractivity contribution in [3.8, 4) is 0 Å². The van der Waals surface area contributed by atoms with E-state index in [4.69, 9.17) is 18.0 Å². The lowest BCUT2D eigenvalue weighted by Gasteiger charge is -2.46. The summed E-state index contributed by atoms with van der Waals surface area (Å²) < 4.78 is 0. The maximum atomic E-state index is 13.0. The molecule has 3 nitrogen and oxygen atoms in total. The highest BCUT2D eigenvalue weighted by Gasteiger charge is 2.52. The van der Waals surface area contributed by atoms with Crippen molar-refractivity contribution in [3.63, 3.8) is 0 Å². The summed E-state index contributed by atoms with van der Waals surface area (Å²) in [4.78, 5) is 15.3. The average molecular weight is 302 g/mol. The number of benzene rings is 1. The Morgan fingerprint density at radius 1 is 1.24 bits per heavy atom. The standard InChI is InChI=1S/C17H22N2OS/c1-12-10-17(11-12,15(18)21)16(20)19-8-6-13-4-2-3-5-14(13)7-9-19/h2-5,12H,6-11H2,1H3,(H2,18,21). The summed E-state index contributed by atoms with van der Waals surface area (Å²) in [7, 11) is 0. The lowest BCUT2D eigenvalue weighted by Crippen LogP contribution is -2.57. The number of carbonyl (C=O) groups excluding carboxylic acids is 1. The van der Waals surface area contributed by atoms with E-state index in [2.05, 4.69) is 31.2 Å². The van der Waals surface area contributed by atoms with Gasteiger partial charge in [-0.2, -0.15) is 0 Å². The van der Waals surface area contributed by atoms with Crippen LogP contribution in [0, 0.1) is 11.3 Å². The fraction of sp³-hybridized carbons (Fsp3) is 0.529. The van der Waals surface area contributed by atoms with Crippen LogP contribution in [0.4, 0.5) is 0 Å². The van der Waals surface area contributed by atoms with Gasteiger partial charge in [-0.1, -0.05) is 43.4 Å². The third-order valence-corrected chi connectivity index (χ3v) is 5.37. The number of thiocarbonyl (C=S) groups is 1. The van der Waals surface area contributed by atoms with Crippen LogP contribution in [0.2, 0.25) is 0 Å². The first-order valence-corrected chi connectivity index (χ1v) is 8.10. The highest BCUT2D eigenvalue weighted by molar-refractivity contribution is 7.80. The molecule has 2 aliphatic rings. The number of amides is 1. The van der Waals surface area contributed by atoms with Crippen molar-refractivity contribution in [2.45, 2.75) is 32.6 Å². The van der Waals surface area contributed by atoms with Crippen molar-refractivity contribution in [2.24, 2.45) is 17.1 Å². The molecule has 0 radical (unpaired) electrons. The van der Waals surface area contributed by atoms with E-state index in [0.717, 1.165) is 38.8 Å². The molecule has 4 heteroatoms. The van der Waals surface area contributed by atoms with Crippen LogP contribution in [0.15, 0.2) is 24.3 Å². The van der Waals surface area contributed by atoms with Crippen molar-refractivity contribution in [1.29, 1.82) is 0 Å². The Labute approximate surface area is 131 Å². The summed E-state index contributed by atoms with van der Waals surface area (Å²) in [5.74, 6) is 0.695. The molecule has 1 aromatic rings. The average Bonchev–Trinajstić information content (AvgIpc) is 2.65. The van der Waals surface area contributed by atoms with Gasteiger partial charge in [0.25, 0.3) is 0 Å². The molecule has 0 unspecified atom stereocenters. The van der Waals surface area contributed by atoms with Gasteiger partial charge >= 0.3 is 0 Å². The SMILES string of the molecule is CC1CC(C(=O)N2CCc3ccccc3CC2)(C(N)=S)C1. The molecule has 0 aromatic heterocycles. The Hall–Kier alpha value is -1.42. The van der Waals surface area contributed by atoms with Crippen molar-refractivity contribution in [1.82, 2.24) is 4.90 Å². The first-order chi connectivity index (χ1) is 10.0. The van der Waals surface area contributed by atoms with Crippen molar-refractivity contribution in [3.05, 3.63) is 35.4 Å². The number of fused-ring (bicyclic) bond motifs is 1. The molecule has 0 spiro atoms. The smallest absolute Gasteiger partial charge is 0.235 e. The number of rotatable bonds is 2. The Morgan fingerprint density at radius 3 is 2.19 bits per heavy atom. The minimum absolute atomic E-state index is 0.154. The van der Waals surface area contributed by atoms with Crippen LogP contribution in [-0.4, -0.2) is 28.9 Å². The molecule has 1 saturated carbocycles. The number of carbonyl (C=O) groups is 1. The Kier molecular flexibility index (Phi) is 3.74. The highest BCUT2D eigenvalue weighted by atomic mass is 32.1. The maximum absolute atomic E-state index is 13.0. The maximum Gasteiger partial charge on any atom is 0.235 e. The van der Waals surface area contributed by atoms with Crippen LogP contribution < -0.4 is 5.73 Å². The largest absolute Gasteiger partial charge is 0.392 e. The molecule has 1 aliphatic carbocycles. The van der Waals surface area contributed by atoms with Gasteiger partial charge < -0.3 is 10.6 Å². The zero-order chi connectivity index (χ0) is 15.0. The van der Waals surface area contributed by atoms with Crippen LogP contribution in [0.5, 0.6) is 0 Å². The van der Waals surface area contributed by atoms with Crippen LogP contribution in [0.3, 0.4) is 0 Å². The quantitative estimate of drug-likeness (QED) is 0.853. The second-order valence-electron chi connectivity index (χ2n) is 6.52. The molecular weight excluding hydrogens is 280 g/mol. The lowest BCUT2D eigenvalue weighted by atomic mass is 9.61. The third-order valence-electron chi connectivity index (χ3n) is 4.98. The normalized spacial score (nSPS) is 28.2. The van der Waals surface area contributed by atoms with Gasteiger partial charge in [0.15, 0.2) is 0 Å². The summed E-state index contributed by atoms with van der Waals surface area (Å²) in [6, 6.07) is 8.47. The first kappa shape index (κ1) is 14.5. The van der Waals surface area contributed by atoms with E-state index in [9.17, 15) is 4.79 Å². The molecule has 0 bridgehead atoms. The number of hydrogen-bond acceptors (Lipinski definition) is 2. The fourth-order valence-electron chi connectivity index (χ4n) is 3.78. The van der Waals surface area contributed by atoms with E-state index < -0.39 is 5.41 Å². The molecule has 21 heavy (non-hydrogen) atoms. The molecule has 1 fully saturated rings. The minimum atomic E-state index is -0.564. The third kappa shape index (κ3) is 2.46. The lowest BCUT2D eigenvalue weighted by molar-refractivity contribution is -0.144. The van der Waals surface area contributed by atoms with E-state index >= 15 is 0 Å². The number of nitrogens with zero attached hydrogens (tertiary/aromatic N) is 1. The van der Waals surface area contributed by atoms with Crippen molar-refractivity contribution in [2.75, 3.05) is 13.1 Å². The topological polar surface area (TPSA) is 46.3 Å².